The van der Waals surface area contributed by atoms with Gasteiger partial charge in [-0.15, -0.1) is 0 Å². The number of nitrogens with zero attached hydrogens (tertiary/aromatic N) is 1. The molecule has 4 nitrogen and oxygen atoms in total. The Morgan fingerprint density at radius 3 is 1.57 bits per heavy atom. The number of alkyl halides is 6. The van der Waals surface area contributed by atoms with E-state index in [0.717, 1.165) is 18.2 Å². The zero-order chi connectivity index (χ0) is 27.4. The van der Waals surface area contributed by atoms with Crippen LogP contribution in [0.2, 0.25) is 0 Å². The lowest BCUT2D eigenvalue weighted by atomic mass is 9.86. The van der Waals surface area contributed by atoms with Gasteiger partial charge in [-0.3, -0.25) is 4.79 Å². The highest BCUT2D eigenvalue weighted by Crippen LogP contribution is 2.37. The molecule has 0 aliphatic carbocycles. The van der Waals surface area contributed by atoms with Crippen LogP contribution in [0.5, 0.6) is 0 Å². The van der Waals surface area contributed by atoms with Crippen LogP contribution < -0.4 is 0 Å². The molecular formula is C27H23F6NO3. The predicted molar refractivity (Wildman–Crippen MR) is 124 cm³/mol. The Labute approximate surface area is 209 Å². The summed E-state index contributed by atoms with van der Waals surface area (Å²) in [6, 6.07) is 17.4. The van der Waals surface area contributed by atoms with Gasteiger partial charge in [0.15, 0.2) is 0 Å². The van der Waals surface area contributed by atoms with E-state index in [-0.39, 0.29) is 24.8 Å². The molecule has 37 heavy (non-hydrogen) atoms. The number of likely N-dealkylation sites (N-methyl/N-ethyl adjacent to an activating group) is 1. The number of rotatable bonds is 8. The smallest absolute Gasteiger partial charge is 0.416 e. The minimum Gasteiger partial charge on any atom is -0.480 e. The maximum absolute atomic E-state index is 13.2. The van der Waals surface area contributed by atoms with Crippen molar-refractivity contribution in [1.82, 2.24) is 4.90 Å². The summed E-state index contributed by atoms with van der Waals surface area (Å²) in [5, 5.41) is 9.81. The first-order chi connectivity index (χ1) is 17.3. The summed E-state index contributed by atoms with van der Waals surface area (Å²) in [7, 11) is 1.05. The van der Waals surface area contributed by atoms with Crippen LogP contribution in [0.4, 0.5) is 26.3 Å². The first kappa shape index (κ1) is 27.8. The van der Waals surface area contributed by atoms with E-state index in [9.17, 15) is 41.0 Å². The molecule has 0 radical (unpaired) electrons. The first-order valence-corrected chi connectivity index (χ1v) is 11.2. The van der Waals surface area contributed by atoms with Crippen LogP contribution in [0.3, 0.4) is 0 Å². The second-order valence-corrected chi connectivity index (χ2v) is 8.52. The van der Waals surface area contributed by atoms with Gasteiger partial charge in [-0.25, -0.2) is 4.79 Å². The summed E-state index contributed by atoms with van der Waals surface area (Å²) in [6.07, 6.45) is -10.1. The molecule has 0 aliphatic heterocycles. The molecule has 0 fully saturated rings. The molecule has 196 valence electrons. The Kier molecular flexibility index (Phi) is 8.30. The summed E-state index contributed by atoms with van der Waals surface area (Å²) < 4.78 is 79.4. The molecule has 0 heterocycles. The topological polar surface area (TPSA) is 57.6 Å². The molecule has 1 N–H and O–H groups in total. The number of carbonyl (C=O) groups excluding carboxylic acids is 1. The zero-order valence-corrected chi connectivity index (χ0v) is 19.6. The Balaban J connectivity index is 1.91. The number of benzene rings is 3. The summed E-state index contributed by atoms with van der Waals surface area (Å²) in [5.41, 5.74) is -2.43. The summed E-state index contributed by atoms with van der Waals surface area (Å²) in [6.45, 7) is 0. The average Bonchev–Trinajstić information content (AvgIpc) is 2.85. The highest BCUT2D eigenvalue weighted by molar-refractivity contribution is 5.96. The maximum Gasteiger partial charge on any atom is 0.416 e. The minimum absolute atomic E-state index is 0.0875. The molecule has 0 saturated carbocycles. The van der Waals surface area contributed by atoms with Crippen molar-refractivity contribution >= 4 is 11.9 Å². The van der Waals surface area contributed by atoms with Crippen LogP contribution in [0, 0.1) is 0 Å². The molecule has 10 heteroatoms. The SMILES string of the molecule is CN(C(=O)c1cc(C(F)(F)F)cc(C(F)(F)F)c1)C(CCC(c1ccccc1)c1ccccc1)C(=O)O. The fourth-order valence-corrected chi connectivity index (χ4v) is 4.13. The normalized spacial score (nSPS) is 12.9. The van der Waals surface area contributed by atoms with E-state index in [1.54, 1.807) is 0 Å². The predicted octanol–water partition coefficient (Wildman–Crippen LogP) is 6.86. The van der Waals surface area contributed by atoms with Crippen molar-refractivity contribution in [3.8, 4) is 0 Å². The van der Waals surface area contributed by atoms with Crippen molar-refractivity contribution in [2.45, 2.75) is 37.2 Å². The van der Waals surface area contributed by atoms with Gasteiger partial charge in [-0.1, -0.05) is 60.7 Å². The Morgan fingerprint density at radius 1 is 0.757 bits per heavy atom. The quantitative estimate of drug-likeness (QED) is 0.328. The van der Waals surface area contributed by atoms with Gasteiger partial charge in [0.1, 0.15) is 6.04 Å². The number of hydrogen-bond acceptors (Lipinski definition) is 2. The van der Waals surface area contributed by atoms with Gasteiger partial charge in [0.25, 0.3) is 5.91 Å². The van der Waals surface area contributed by atoms with Gasteiger partial charge >= 0.3 is 18.3 Å². The van der Waals surface area contributed by atoms with Gasteiger partial charge < -0.3 is 10.0 Å². The average molecular weight is 523 g/mol. The number of carboxylic acid groups (broad SMARTS) is 1. The molecule has 0 spiro atoms. The molecule has 3 rings (SSSR count). The van der Waals surface area contributed by atoms with Crippen LogP contribution in [0.25, 0.3) is 0 Å². The van der Waals surface area contributed by atoms with Gasteiger partial charge in [0, 0.05) is 18.5 Å². The fourth-order valence-electron chi connectivity index (χ4n) is 4.13. The largest absolute Gasteiger partial charge is 0.480 e. The van der Waals surface area contributed by atoms with E-state index in [1.807, 2.05) is 60.7 Å². The number of carbonyl (C=O) groups is 2. The van der Waals surface area contributed by atoms with Crippen LogP contribution in [0.15, 0.2) is 78.9 Å². The Hall–Kier alpha value is -3.82. The van der Waals surface area contributed by atoms with Crippen molar-refractivity contribution in [3.63, 3.8) is 0 Å². The van der Waals surface area contributed by atoms with E-state index < -0.39 is 47.0 Å². The van der Waals surface area contributed by atoms with Crippen LogP contribution in [-0.4, -0.2) is 35.0 Å². The van der Waals surface area contributed by atoms with Crippen LogP contribution >= 0.6 is 0 Å². The summed E-state index contributed by atoms with van der Waals surface area (Å²) in [4.78, 5) is 25.7. The molecule has 0 saturated heterocycles. The third-order valence-electron chi connectivity index (χ3n) is 6.04. The van der Waals surface area contributed by atoms with Gasteiger partial charge in [0.2, 0.25) is 0 Å². The number of carboxylic acids is 1. The Morgan fingerprint density at radius 2 is 1.19 bits per heavy atom. The highest BCUT2D eigenvalue weighted by atomic mass is 19.4. The lowest BCUT2D eigenvalue weighted by Crippen LogP contribution is -2.42. The van der Waals surface area contributed by atoms with Crippen LogP contribution in [0.1, 0.15) is 51.4 Å². The second-order valence-electron chi connectivity index (χ2n) is 8.52. The van der Waals surface area contributed by atoms with E-state index in [0.29, 0.717) is 17.0 Å². The van der Waals surface area contributed by atoms with Gasteiger partial charge in [-0.2, -0.15) is 26.3 Å². The third kappa shape index (κ3) is 6.90. The second kappa shape index (κ2) is 11.1. The summed E-state index contributed by atoms with van der Waals surface area (Å²) in [5.74, 6) is -2.95. The maximum atomic E-state index is 13.2. The number of amides is 1. The third-order valence-corrected chi connectivity index (χ3v) is 6.04. The van der Waals surface area contributed by atoms with Crippen molar-refractivity contribution in [2.24, 2.45) is 0 Å². The molecule has 0 aliphatic rings. The highest BCUT2D eigenvalue weighted by Gasteiger charge is 2.38. The first-order valence-electron chi connectivity index (χ1n) is 11.2. The van der Waals surface area contributed by atoms with E-state index >= 15 is 0 Å². The lowest BCUT2D eigenvalue weighted by Gasteiger charge is -2.27. The molecule has 1 unspecified atom stereocenters. The zero-order valence-electron chi connectivity index (χ0n) is 19.6. The standard InChI is InChI=1S/C27H23F6NO3/c1-34(24(35)19-14-20(26(28,29)30)16-21(15-19)27(31,32)33)23(25(36)37)13-12-22(17-8-4-2-5-9-17)18-10-6-3-7-11-18/h2-11,14-16,22-23H,12-13H2,1H3,(H,36,37). The molecule has 1 amide bonds. The Bertz CT molecular complexity index is 1150. The molecule has 1 atom stereocenters. The minimum atomic E-state index is -5.14. The van der Waals surface area contributed by atoms with Crippen LogP contribution in [-0.2, 0) is 17.1 Å². The van der Waals surface area contributed by atoms with Crippen molar-refractivity contribution in [1.29, 1.82) is 0 Å². The number of aliphatic carboxylic acids is 1. The van der Waals surface area contributed by atoms with E-state index in [1.165, 1.54) is 0 Å². The molecular weight excluding hydrogens is 500 g/mol. The summed E-state index contributed by atoms with van der Waals surface area (Å²) >= 11 is 0. The van der Waals surface area contributed by atoms with E-state index in [2.05, 4.69) is 0 Å². The number of hydrogen-bond donors (Lipinski definition) is 1. The molecule has 0 aromatic heterocycles. The number of halogens is 6. The lowest BCUT2D eigenvalue weighted by molar-refractivity contribution is -0.144. The molecule has 0 bridgehead atoms. The molecule has 3 aromatic carbocycles. The van der Waals surface area contributed by atoms with Crippen molar-refractivity contribution < 1.29 is 41.0 Å². The molecule has 3 aromatic rings. The fraction of sp³-hybridized carbons (Fsp3) is 0.259. The van der Waals surface area contributed by atoms with Gasteiger partial charge in [0.05, 0.1) is 11.1 Å². The van der Waals surface area contributed by atoms with Crippen molar-refractivity contribution in [2.75, 3.05) is 7.05 Å². The van der Waals surface area contributed by atoms with E-state index in [4.69, 9.17) is 0 Å². The van der Waals surface area contributed by atoms with Gasteiger partial charge in [-0.05, 0) is 42.2 Å². The monoisotopic (exact) mass is 523 g/mol. The van der Waals surface area contributed by atoms with Crippen molar-refractivity contribution in [3.05, 3.63) is 107 Å².